The molecule has 0 aliphatic carbocycles. The minimum absolute atomic E-state index is 0.0475. The number of Topliss-reactive ketones (excluding diaryl/α,β-unsaturated/α-hetero) is 1. The summed E-state index contributed by atoms with van der Waals surface area (Å²) in [4.78, 5) is 12.1. The van der Waals surface area contributed by atoms with E-state index < -0.39 is 5.38 Å². The highest BCUT2D eigenvalue weighted by Gasteiger charge is 2.20. The predicted molar refractivity (Wildman–Crippen MR) is 76.4 cm³/mol. The van der Waals surface area contributed by atoms with Crippen LogP contribution in [0.1, 0.15) is 34.4 Å². The molecule has 4 nitrogen and oxygen atoms in total. The highest BCUT2D eigenvalue weighted by molar-refractivity contribution is 6.33. The SMILES string of the molecule is Cc1cc(-n2c(C)cc(C(=O)C(C)Cl)c2C)nn1C. The van der Waals surface area contributed by atoms with Gasteiger partial charge in [-0.15, -0.1) is 11.6 Å². The summed E-state index contributed by atoms with van der Waals surface area (Å²) >= 11 is 5.89. The summed E-state index contributed by atoms with van der Waals surface area (Å²) in [5, 5.41) is 3.94. The molecule has 0 fully saturated rings. The average Bonchev–Trinajstić information content (AvgIpc) is 2.79. The van der Waals surface area contributed by atoms with Crippen LogP contribution in [0.15, 0.2) is 12.1 Å². The molecule has 0 saturated heterocycles. The van der Waals surface area contributed by atoms with E-state index in [2.05, 4.69) is 5.10 Å². The number of hydrogen-bond acceptors (Lipinski definition) is 2. The van der Waals surface area contributed by atoms with Crippen LogP contribution < -0.4 is 0 Å². The molecule has 0 aromatic carbocycles. The zero-order valence-corrected chi connectivity index (χ0v) is 12.6. The van der Waals surface area contributed by atoms with E-state index >= 15 is 0 Å². The summed E-state index contributed by atoms with van der Waals surface area (Å²) in [6.07, 6.45) is 0. The van der Waals surface area contributed by atoms with Gasteiger partial charge in [-0.25, -0.2) is 0 Å². The van der Waals surface area contributed by atoms with Crippen molar-refractivity contribution in [3.05, 3.63) is 34.8 Å². The van der Waals surface area contributed by atoms with Crippen LogP contribution in [0.5, 0.6) is 0 Å². The van der Waals surface area contributed by atoms with Gasteiger partial charge in [-0.1, -0.05) is 0 Å². The van der Waals surface area contributed by atoms with Gasteiger partial charge in [-0.2, -0.15) is 5.10 Å². The molecule has 0 saturated carbocycles. The molecule has 1 unspecified atom stereocenters. The molecule has 19 heavy (non-hydrogen) atoms. The number of hydrogen-bond donors (Lipinski definition) is 0. The van der Waals surface area contributed by atoms with E-state index in [9.17, 15) is 4.79 Å². The number of carbonyl (C=O) groups excluding carboxylic acids is 1. The molecule has 1 atom stereocenters. The number of rotatable bonds is 3. The molecule has 2 rings (SSSR count). The van der Waals surface area contributed by atoms with Crippen molar-refractivity contribution in [3.63, 3.8) is 0 Å². The van der Waals surface area contributed by atoms with Crippen LogP contribution in [0.25, 0.3) is 5.82 Å². The highest BCUT2D eigenvalue weighted by atomic mass is 35.5. The number of nitrogens with zero attached hydrogens (tertiary/aromatic N) is 3. The van der Waals surface area contributed by atoms with Gasteiger partial charge in [-0.3, -0.25) is 9.48 Å². The summed E-state index contributed by atoms with van der Waals surface area (Å²) in [7, 11) is 1.90. The van der Waals surface area contributed by atoms with E-state index in [1.807, 2.05) is 49.2 Å². The van der Waals surface area contributed by atoms with Crippen molar-refractivity contribution in [1.29, 1.82) is 0 Å². The molecular weight excluding hydrogens is 262 g/mol. The number of aromatic nitrogens is 3. The first-order valence-electron chi connectivity index (χ1n) is 6.21. The van der Waals surface area contributed by atoms with E-state index in [4.69, 9.17) is 11.6 Å². The van der Waals surface area contributed by atoms with Crippen LogP contribution in [-0.2, 0) is 7.05 Å². The van der Waals surface area contributed by atoms with Crippen molar-refractivity contribution in [2.75, 3.05) is 0 Å². The van der Waals surface area contributed by atoms with Crippen LogP contribution in [-0.4, -0.2) is 25.5 Å². The Hall–Kier alpha value is -1.55. The second-order valence-electron chi connectivity index (χ2n) is 4.87. The fraction of sp³-hybridized carbons (Fsp3) is 0.429. The molecule has 0 aliphatic rings. The third-order valence-electron chi connectivity index (χ3n) is 3.39. The summed E-state index contributed by atoms with van der Waals surface area (Å²) in [5.74, 6) is 0.782. The lowest BCUT2D eigenvalue weighted by molar-refractivity contribution is 0.0991. The van der Waals surface area contributed by atoms with Gasteiger partial charge < -0.3 is 4.57 Å². The monoisotopic (exact) mass is 279 g/mol. The third-order valence-corrected chi connectivity index (χ3v) is 3.59. The minimum Gasteiger partial charge on any atom is -0.301 e. The zero-order valence-electron chi connectivity index (χ0n) is 11.9. The van der Waals surface area contributed by atoms with Gasteiger partial charge in [-0.05, 0) is 33.8 Å². The quantitative estimate of drug-likeness (QED) is 0.640. The van der Waals surface area contributed by atoms with Crippen molar-refractivity contribution >= 4 is 17.4 Å². The Balaban J connectivity index is 2.57. The molecule has 0 N–H and O–H groups in total. The normalized spacial score (nSPS) is 12.7. The smallest absolute Gasteiger partial charge is 0.182 e. The molecule has 0 aliphatic heterocycles. The first kappa shape index (κ1) is 13.9. The van der Waals surface area contributed by atoms with Crippen LogP contribution >= 0.6 is 11.6 Å². The molecule has 2 heterocycles. The topological polar surface area (TPSA) is 39.8 Å². The molecule has 5 heteroatoms. The summed E-state index contributed by atoms with van der Waals surface area (Å²) in [5.41, 5.74) is 3.61. The Kier molecular flexibility index (Phi) is 3.54. The van der Waals surface area contributed by atoms with E-state index in [0.29, 0.717) is 5.56 Å². The van der Waals surface area contributed by atoms with Gasteiger partial charge in [0, 0.05) is 35.8 Å². The fourth-order valence-corrected chi connectivity index (χ4v) is 2.35. The number of halogens is 1. The summed E-state index contributed by atoms with van der Waals surface area (Å²) < 4.78 is 3.80. The first-order valence-corrected chi connectivity index (χ1v) is 6.64. The van der Waals surface area contributed by atoms with Crippen molar-refractivity contribution < 1.29 is 4.79 Å². The average molecular weight is 280 g/mol. The second-order valence-corrected chi connectivity index (χ2v) is 5.52. The van der Waals surface area contributed by atoms with Crippen LogP contribution in [0.2, 0.25) is 0 Å². The van der Waals surface area contributed by atoms with Gasteiger partial charge in [0.2, 0.25) is 0 Å². The van der Waals surface area contributed by atoms with Gasteiger partial charge >= 0.3 is 0 Å². The number of ketones is 1. The minimum atomic E-state index is -0.514. The molecule has 0 bridgehead atoms. The molecule has 2 aromatic rings. The third kappa shape index (κ3) is 2.32. The lowest BCUT2D eigenvalue weighted by Gasteiger charge is -2.06. The van der Waals surface area contributed by atoms with Crippen LogP contribution in [0, 0.1) is 20.8 Å². The van der Waals surface area contributed by atoms with E-state index in [1.54, 1.807) is 6.92 Å². The van der Waals surface area contributed by atoms with Crippen molar-refractivity contribution in [2.45, 2.75) is 33.1 Å². The molecule has 0 amide bonds. The molecule has 102 valence electrons. The molecule has 0 radical (unpaired) electrons. The van der Waals surface area contributed by atoms with Gasteiger partial charge in [0.05, 0.1) is 5.38 Å². The lowest BCUT2D eigenvalue weighted by atomic mass is 10.1. The van der Waals surface area contributed by atoms with E-state index in [1.165, 1.54) is 0 Å². The number of alkyl halides is 1. The Morgan fingerprint density at radius 1 is 1.26 bits per heavy atom. The highest BCUT2D eigenvalue weighted by Crippen LogP contribution is 2.22. The fourth-order valence-electron chi connectivity index (χ4n) is 2.23. The number of aryl methyl sites for hydroxylation is 3. The van der Waals surface area contributed by atoms with Crippen molar-refractivity contribution in [3.8, 4) is 5.82 Å². The maximum Gasteiger partial charge on any atom is 0.182 e. The van der Waals surface area contributed by atoms with Crippen molar-refractivity contribution in [1.82, 2.24) is 14.3 Å². The van der Waals surface area contributed by atoms with E-state index in [0.717, 1.165) is 22.9 Å². The second kappa shape index (κ2) is 4.85. The Morgan fingerprint density at radius 3 is 2.37 bits per heavy atom. The summed E-state index contributed by atoms with van der Waals surface area (Å²) in [6.45, 7) is 7.58. The maximum atomic E-state index is 12.1. The Labute approximate surface area is 118 Å². The number of carbonyl (C=O) groups is 1. The lowest BCUT2D eigenvalue weighted by Crippen LogP contribution is -2.11. The molecule has 2 aromatic heterocycles. The Morgan fingerprint density at radius 2 is 1.89 bits per heavy atom. The van der Waals surface area contributed by atoms with Gasteiger partial charge in [0.15, 0.2) is 11.6 Å². The zero-order chi connectivity index (χ0) is 14.3. The Bertz CT molecular complexity index is 618. The van der Waals surface area contributed by atoms with Crippen LogP contribution in [0.4, 0.5) is 0 Å². The largest absolute Gasteiger partial charge is 0.301 e. The molecule has 0 spiro atoms. The molecular formula is C14H18ClN3O. The van der Waals surface area contributed by atoms with Crippen molar-refractivity contribution in [2.24, 2.45) is 7.05 Å². The summed E-state index contributed by atoms with van der Waals surface area (Å²) in [6, 6.07) is 3.87. The van der Waals surface area contributed by atoms with Gasteiger partial charge in [0.1, 0.15) is 0 Å². The maximum absolute atomic E-state index is 12.1. The first-order chi connectivity index (χ1) is 8.82. The van der Waals surface area contributed by atoms with Gasteiger partial charge in [0.25, 0.3) is 0 Å². The predicted octanol–water partition coefficient (Wildman–Crippen LogP) is 2.95. The van der Waals surface area contributed by atoms with Crippen LogP contribution in [0.3, 0.4) is 0 Å². The standard InChI is InChI=1S/C14H18ClN3O/c1-8-7-13(16-17(8)5)18-9(2)6-12(11(18)4)14(19)10(3)15/h6-7,10H,1-5H3. The van der Waals surface area contributed by atoms with E-state index in [-0.39, 0.29) is 5.78 Å².